The summed E-state index contributed by atoms with van der Waals surface area (Å²) in [7, 11) is 4.12. The molecule has 5 nitrogen and oxygen atoms in total. The second-order valence-corrected chi connectivity index (χ2v) is 4.53. The van der Waals surface area contributed by atoms with Crippen LogP contribution in [0.5, 0.6) is 0 Å². The number of benzene rings is 1. The number of nitrogens with two attached hydrogens (primary N) is 1. The minimum atomic E-state index is 0.457. The second-order valence-electron chi connectivity index (χ2n) is 4.53. The van der Waals surface area contributed by atoms with Crippen LogP contribution in [0.3, 0.4) is 0 Å². The van der Waals surface area contributed by atoms with Gasteiger partial charge in [-0.2, -0.15) is 0 Å². The fourth-order valence-corrected chi connectivity index (χ4v) is 1.75. The number of anilines is 2. The molecule has 3 N–H and O–H groups in total. The number of aromatic nitrogens is 2. The highest BCUT2D eigenvalue weighted by Gasteiger charge is 2.04. The summed E-state index contributed by atoms with van der Waals surface area (Å²) in [5, 5.41) is 3.24. The topological polar surface area (TPSA) is 67.1 Å². The molecular weight excluding hydrogens is 226 g/mol. The third kappa shape index (κ3) is 3.07. The third-order valence-electron chi connectivity index (χ3n) is 2.67. The van der Waals surface area contributed by atoms with Gasteiger partial charge in [-0.15, -0.1) is 0 Å². The Bertz CT molecular complexity index is 524. The molecule has 0 bridgehead atoms. The second kappa shape index (κ2) is 5.64. The number of hydrogen-bond donors (Lipinski definition) is 2. The Hall–Kier alpha value is -1.88. The molecule has 0 unspecified atom stereocenters. The van der Waals surface area contributed by atoms with E-state index in [9.17, 15) is 0 Å². The van der Waals surface area contributed by atoms with Gasteiger partial charge in [-0.25, -0.2) is 9.97 Å². The molecule has 18 heavy (non-hydrogen) atoms. The van der Waals surface area contributed by atoms with Gasteiger partial charge in [0.15, 0.2) is 11.6 Å². The summed E-state index contributed by atoms with van der Waals surface area (Å²) in [4.78, 5) is 11.0. The smallest absolute Gasteiger partial charge is 0.169 e. The van der Waals surface area contributed by atoms with Gasteiger partial charge in [0.1, 0.15) is 0 Å². The van der Waals surface area contributed by atoms with Crippen LogP contribution in [0, 0.1) is 0 Å². The van der Waals surface area contributed by atoms with E-state index < -0.39 is 0 Å². The Labute approximate surface area is 107 Å². The molecule has 0 aliphatic carbocycles. The molecule has 5 heteroatoms. The summed E-state index contributed by atoms with van der Waals surface area (Å²) in [5.41, 5.74) is 7.57. The summed E-state index contributed by atoms with van der Waals surface area (Å²) in [6.45, 7) is 1.88. The van der Waals surface area contributed by atoms with E-state index in [1.54, 1.807) is 0 Å². The SMILES string of the molecule is CN(C)CCCNc1nc2ccccc2nc1N. The van der Waals surface area contributed by atoms with Crippen molar-refractivity contribution in [2.45, 2.75) is 6.42 Å². The lowest BCUT2D eigenvalue weighted by Crippen LogP contribution is -2.17. The lowest BCUT2D eigenvalue weighted by Gasteiger charge is -2.11. The van der Waals surface area contributed by atoms with Crippen molar-refractivity contribution < 1.29 is 0 Å². The van der Waals surface area contributed by atoms with Crippen LogP contribution in [0.1, 0.15) is 6.42 Å². The van der Waals surface area contributed by atoms with Gasteiger partial charge in [-0.1, -0.05) is 12.1 Å². The van der Waals surface area contributed by atoms with Gasteiger partial charge in [0.25, 0.3) is 0 Å². The van der Waals surface area contributed by atoms with Gasteiger partial charge in [0, 0.05) is 6.54 Å². The minimum Gasteiger partial charge on any atom is -0.381 e. The standard InChI is InChI=1S/C13H19N5/c1-18(2)9-5-8-15-13-12(14)16-10-6-3-4-7-11(10)17-13/h3-4,6-7H,5,8-9H2,1-2H3,(H2,14,16)(H,15,17). The zero-order valence-electron chi connectivity index (χ0n) is 10.8. The van der Waals surface area contributed by atoms with Crippen LogP contribution < -0.4 is 11.1 Å². The van der Waals surface area contributed by atoms with Gasteiger partial charge in [0.2, 0.25) is 0 Å². The van der Waals surface area contributed by atoms with Crippen LogP contribution in [0.4, 0.5) is 11.6 Å². The summed E-state index contributed by atoms with van der Waals surface area (Å²) >= 11 is 0. The van der Waals surface area contributed by atoms with E-state index in [0.29, 0.717) is 11.6 Å². The fourth-order valence-electron chi connectivity index (χ4n) is 1.75. The highest BCUT2D eigenvalue weighted by Crippen LogP contribution is 2.17. The first-order chi connectivity index (χ1) is 8.66. The average molecular weight is 245 g/mol. The maximum atomic E-state index is 5.88. The Balaban J connectivity index is 2.06. The van der Waals surface area contributed by atoms with E-state index in [4.69, 9.17) is 5.73 Å². The molecule has 1 aromatic carbocycles. The van der Waals surface area contributed by atoms with Crippen molar-refractivity contribution in [1.29, 1.82) is 0 Å². The molecule has 0 atom stereocenters. The van der Waals surface area contributed by atoms with E-state index >= 15 is 0 Å². The first kappa shape index (κ1) is 12.6. The number of fused-ring (bicyclic) bond motifs is 1. The molecule has 0 fully saturated rings. The Kier molecular flexibility index (Phi) is 3.94. The first-order valence-electron chi connectivity index (χ1n) is 6.07. The maximum Gasteiger partial charge on any atom is 0.169 e. The molecule has 0 saturated carbocycles. The number of nitrogens with zero attached hydrogens (tertiary/aromatic N) is 3. The van der Waals surface area contributed by atoms with Crippen LogP contribution in [0.25, 0.3) is 11.0 Å². The number of rotatable bonds is 5. The molecule has 0 aliphatic heterocycles. The third-order valence-corrected chi connectivity index (χ3v) is 2.67. The van der Waals surface area contributed by atoms with Crippen molar-refractivity contribution in [3.63, 3.8) is 0 Å². The zero-order valence-corrected chi connectivity index (χ0v) is 10.8. The zero-order chi connectivity index (χ0) is 13.0. The first-order valence-corrected chi connectivity index (χ1v) is 6.07. The normalized spacial score (nSPS) is 11.1. The molecule has 1 heterocycles. The van der Waals surface area contributed by atoms with Gasteiger partial charge >= 0.3 is 0 Å². The molecule has 0 radical (unpaired) electrons. The predicted molar refractivity (Wildman–Crippen MR) is 75.6 cm³/mol. The van der Waals surface area contributed by atoms with Crippen LogP contribution in [0.2, 0.25) is 0 Å². The van der Waals surface area contributed by atoms with Gasteiger partial charge in [-0.3, -0.25) is 0 Å². The molecule has 96 valence electrons. The molecule has 0 amide bonds. The van der Waals surface area contributed by atoms with Crippen molar-refractivity contribution in [2.75, 3.05) is 38.2 Å². The van der Waals surface area contributed by atoms with Crippen LogP contribution in [0.15, 0.2) is 24.3 Å². The Morgan fingerprint density at radius 2 is 1.83 bits per heavy atom. The van der Waals surface area contributed by atoms with Crippen LogP contribution >= 0.6 is 0 Å². The van der Waals surface area contributed by atoms with E-state index in [2.05, 4.69) is 34.3 Å². The largest absolute Gasteiger partial charge is 0.381 e. The summed E-state index contributed by atoms with van der Waals surface area (Å²) in [5.74, 6) is 1.13. The molecule has 2 rings (SSSR count). The maximum absolute atomic E-state index is 5.88. The number of hydrogen-bond acceptors (Lipinski definition) is 5. The van der Waals surface area contributed by atoms with Gasteiger partial charge < -0.3 is 16.0 Å². The summed E-state index contributed by atoms with van der Waals surface area (Å²) in [6.07, 6.45) is 1.04. The molecule has 0 aliphatic rings. The number of nitrogen functional groups attached to an aromatic ring is 1. The van der Waals surface area contributed by atoms with Gasteiger partial charge in [-0.05, 0) is 39.2 Å². The molecular formula is C13H19N5. The van der Waals surface area contributed by atoms with E-state index in [1.165, 1.54) is 0 Å². The average Bonchev–Trinajstić information content (AvgIpc) is 2.34. The van der Waals surface area contributed by atoms with Crippen molar-refractivity contribution in [2.24, 2.45) is 0 Å². The minimum absolute atomic E-state index is 0.457. The number of para-hydroxylation sites is 2. The molecule has 0 spiro atoms. The summed E-state index contributed by atoms with van der Waals surface area (Å²) < 4.78 is 0. The van der Waals surface area contributed by atoms with Crippen LogP contribution in [-0.2, 0) is 0 Å². The van der Waals surface area contributed by atoms with Crippen molar-refractivity contribution in [3.8, 4) is 0 Å². The Morgan fingerprint density at radius 3 is 2.50 bits per heavy atom. The molecule has 1 aromatic heterocycles. The van der Waals surface area contributed by atoms with Crippen molar-refractivity contribution in [3.05, 3.63) is 24.3 Å². The highest BCUT2D eigenvalue weighted by molar-refractivity contribution is 5.79. The predicted octanol–water partition coefficient (Wildman–Crippen LogP) is 1.58. The molecule has 0 saturated heterocycles. The molecule has 2 aromatic rings. The number of nitrogens with one attached hydrogen (secondary N) is 1. The lowest BCUT2D eigenvalue weighted by atomic mass is 10.3. The highest BCUT2D eigenvalue weighted by atomic mass is 15.1. The van der Waals surface area contributed by atoms with Crippen molar-refractivity contribution >= 4 is 22.7 Å². The quantitative estimate of drug-likeness (QED) is 0.783. The summed E-state index contributed by atoms with van der Waals surface area (Å²) in [6, 6.07) is 7.73. The fraction of sp³-hybridized carbons (Fsp3) is 0.385. The van der Waals surface area contributed by atoms with Crippen molar-refractivity contribution in [1.82, 2.24) is 14.9 Å². The lowest BCUT2D eigenvalue weighted by molar-refractivity contribution is 0.405. The van der Waals surface area contributed by atoms with E-state index in [1.807, 2.05) is 24.3 Å². The Morgan fingerprint density at radius 1 is 1.17 bits per heavy atom. The van der Waals surface area contributed by atoms with E-state index in [0.717, 1.165) is 30.5 Å². The monoisotopic (exact) mass is 245 g/mol. The van der Waals surface area contributed by atoms with E-state index in [-0.39, 0.29) is 0 Å². The van der Waals surface area contributed by atoms with Gasteiger partial charge in [0.05, 0.1) is 11.0 Å². The van der Waals surface area contributed by atoms with Crippen LogP contribution in [-0.4, -0.2) is 42.1 Å².